The smallest absolute Gasteiger partial charge is 0.261 e. The third-order valence-electron chi connectivity index (χ3n) is 3.62. The number of hydrogen-bond acceptors (Lipinski definition) is 4. The normalized spacial score (nSPS) is 20.1. The number of hydrogen-bond donors (Lipinski definition) is 2. The fraction of sp³-hybridized carbons (Fsp3) is 0.286. The van der Waals surface area contributed by atoms with Crippen molar-refractivity contribution >= 4 is 42.6 Å². The number of aromatic nitrogens is 1. The van der Waals surface area contributed by atoms with Crippen LogP contribution >= 0.6 is 15.9 Å². The minimum Gasteiger partial charge on any atom is -0.348 e. The summed E-state index contributed by atoms with van der Waals surface area (Å²) in [5.41, 5.74) is 0.122. The molecule has 0 bridgehead atoms. The van der Waals surface area contributed by atoms with Crippen LogP contribution in [0.25, 0.3) is 10.9 Å². The van der Waals surface area contributed by atoms with Crippen LogP contribution in [0.2, 0.25) is 0 Å². The van der Waals surface area contributed by atoms with Gasteiger partial charge in [-0.3, -0.25) is 9.59 Å². The predicted molar refractivity (Wildman–Crippen MR) is 86.8 cm³/mol. The highest BCUT2D eigenvalue weighted by atomic mass is 79.9. The van der Waals surface area contributed by atoms with E-state index >= 15 is 0 Å². The minimum absolute atomic E-state index is 0.0186. The zero-order valence-electron chi connectivity index (χ0n) is 11.4. The molecule has 0 spiro atoms. The van der Waals surface area contributed by atoms with E-state index in [0.29, 0.717) is 11.9 Å². The molecule has 2 aromatic rings. The third kappa shape index (κ3) is 3.07. The molecular formula is C14H13BrN2O4S. The van der Waals surface area contributed by atoms with Crippen molar-refractivity contribution in [3.05, 3.63) is 44.7 Å². The highest BCUT2D eigenvalue weighted by molar-refractivity contribution is 9.10. The summed E-state index contributed by atoms with van der Waals surface area (Å²) >= 11 is 3.34. The fourth-order valence-electron chi connectivity index (χ4n) is 2.52. The quantitative estimate of drug-likeness (QED) is 0.812. The van der Waals surface area contributed by atoms with Gasteiger partial charge in [-0.2, -0.15) is 0 Å². The molecule has 1 fully saturated rings. The largest absolute Gasteiger partial charge is 0.348 e. The van der Waals surface area contributed by atoms with Crippen LogP contribution in [0, 0.1) is 0 Å². The standard InChI is InChI=1S/C14H13BrN2O4S/c15-9-1-2-12-8(5-9)6-11(14(19)17-12)13(18)16-10-3-4-22(20,21)7-10/h1-2,5-6,10H,3-4,7H2,(H,16,18)(H,17,19). The number of carbonyl (C=O) groups excluding carboxylic acids is 1. The summed E-state index contributed by atoms with van der Waals surface area (Å²) in [6.07, 6.45) is 0.380. The van der Waals surface area contributed by atoms with E-state index in [2.05, 4.69) is 26.2 Å². The van der Waals surface area contributed by atoms with E-state index in [-0.39, 0.29) is 17.1 Å². The number of sulfone groups is 1. The Labute approximate surface area is 135 Å². The second kappa shape index (κ2) is 5.51. The number of amides is 1. The Kier molecular flexibility index (Phi) is 3.82. The highest BCUT2D eigenvalue weighted by Gasteiger charge is 2.29. The van der Waals surface area contributed by atoms with E-state index in [1.807, 2.05) is 0 Å². The van der Waals surface area contributed by atoms with Crippen molar-refractivity contribution in [1.82, 2.24) is 10.3 Å². The van der Waals surface area contributed by atoms with E-state index < -0.39 is 27.3 Å². The molecule has 1 aliphatic heterocycles. The van der Waals surface area contributed by atoms with Gasteiger partial charge in [-0.05, 0) is 30.7 Å². The molecule has 2 heterocycles. The lowest BCUT2D eigenvalue weighted by atomic mass is 10.1. The van der Waals surface area contributed by atoms with Gasteiger partial charge in [0, 0.05) is 21.4 Å². The molecule has 1 amide bonds. The van der Waals surface area contributed by atoms with Crippen molar-refractivity contribution in [2.24, 2.45) is 0 Å². The van der Waals surface area contributed by atoms with Crippen LogP contribution in [0.4, 0.5) is 0 Å². The van der Waals surface area contributed by atoms with E-state index in [0.717, 1.165) is 9.86 Å². The maximum Gasteiger partial charge on any atom is 0.261 e. The molecule has 8 heteroatoms. The predicted octanol–water partition coefficient (Wildman–Crippen LogP) is 1.21. The molecule has 0 radical (unpaired) electrons. The molecule has 22 heavy (non-hydrogen) atoms. The Morgan fingerprint density at radius 3 is 2.77 bits per heavy atom. The Hall–Kier alpha value is -1.67. The van der Waals surface area contributed by atoms with Crippen molar-refractivity contribution < 1.29 is 13.2 Å². The van der Waals surface area contributed by atoms with Crippen molar-refractivity contribution in [3.63, 3.8) is 0 Å². The molecule has 0 saturated carbocycles. The topological polar surface area (TPSA) is 96.1 Å². The van der Waals surface area contributed by atoms with Gasteiger partial charge in [0.1, 0.15) is 5.56 Å². The number of aromatic amines is 1. The summed E-state index contributed by atoms with van der Waals surface area (Å²) < 4.78 is 23.7. The number of nitrogens with one attached hydrogen (secondary N) is 2. The average molecular weight is 385 g/mol. The van der Waals surface area contributed by atoms with E-state index in [4.69, 9.17) is 0 Å². The molecule has 6 nitrogen and oxygen atoms in total. The minimum atomic E-state index is -3.08. The fourth-order valence-corrected chi connectivity index (χ4v) is 4.57. The van der Waals surface area contributed by atoms with Gasteiger partial charge >= 0.3 is 0 Å². The molecule has 1 unspecified atom stereocenters. The first kappa shape index (κ1) is 15.2. The number of benzene rings is 1. The lowest BCUT2D eigenvalue weighted by Crippen LogP contribution is -2.38. The molecule has 2 N–H and O–H groups in total. The Morgan fingerprint density at radius 1 is 1.32 bits per heavy atom. The second-order valence-electron chi connectivity index (χ2n) is 5.32. The van der Waals surface area contributed by atoms with Crippen LogP contribution in [-0.2, 0) is 9.84 Å². The zero-order chi connectivity index (χ0) is 15.9. The van der Waals surface area contributed by atoms with Gasteiger partial charge < -0.3 is 10.3 Å². The number of pyridine rings is 1. The average Bonchev–Trinajstić information content (AvgIpc) is 2.77. The van der Waals surface area contributed by atoms with Gasteiger partial charge in [0.15, 0.2) is 9.84 Å². The lowest BCUT2D eigenvalue weighted by molar-refractivity contribution is 0.0940. The van der Waals surface area contributed by atoms with Gasteiger partial charge in [0.2, 0.25) is 0 Å². The molecule has 1 aromatic carbocycles. The molecular weight excluding hydrogens is 372 g/mol. The summed E-state index contributed by atoms with van der Waals surface area (Å²) in [6.45, 7) is 0. The van der Waals surface area contributed by atoms with Gasteiger partial charge in [-0.15, -0.1) is 0 Å². The third-order valence-corrected chi connectivity index (χ3v) is 5.88. The number of carbonyl (C=O) groups is 1. The maximum absolute atomic E-state index is 12.2. The molecule has 3 rings (SSSR count). The van der Waals surface area contributed by atoms with E-state index in [1.54, 1.807) is 18.2 Å². The summed E-state index contributed by atoms with van der Waals surface area (Å²) in [4.78, 5) is 26.9. The zero-order valence-corrected chi connectivity index (χ0v) is 13.8. The monoisotopic (exact) mass is 384 g/mol. The van der Waals surface area contributed by atoms with E-state index in [1.165, 1.54) is 6.07 Å². The first-order valence-electron chi connectivity index (χ1n) is 6.68. The van der Waals surface area contributed by atoms with Crippen LogP contribution in [0.5, 0.6) is 0 Å². The van der Waals surface area contributed by atoms with Crippen LogP contribution in [0.1, 0.15) is 16.8 Å². The van der Waals surface area contributed by atoms with Crippen molar-refractivity contribution in [2.75, 3.05) is 11.5 Å². The molecule has 1 atom stereocenters. The van der Waals surface area contributed by atoms with Gasteiger partial charge in [-0.1, -0.05) is 15.9 Å². The van der Waals surface area contributed by atoms with Gasteiger partial charge in [0.25, 0.3) is 11.5 Å². The molecule has 0 aliphatic carbocycles. The Balaban J connectivity index is 1.90. The van der Waals surface area contributed by atoms with Crippen molar-refractivity contribution in [1.29, 1.82) is 0 Å². The number of halogens is 1. The van der Waals surface area contributed by atoms with Crippen LogP contribution in [0.3, 0.4) is 0 Å². The number of rotatable bonds is 2. The van der Waals surface area contributed by atoms with Gasteiger partial charge in [-0.25, -0.2) is 8.42 Å². The van der Waals surface area contributed by atoms with E-state index in [9.17, 15) is 18.0 Å². The van der Waals surface area contributed by atoms with Gasteiger partial charge in [0.05, 0.1) is 11.5 Å². The first-order chi connectivity index (χ1) is 10.3. The van der Waals surface area contributed by atoms with Crippen LogP contribution in [0.15, 0.2) is 33.5 Å². The SMILES string of the molecule is O=C(NC1CCS(=O)(=O)C1)c1cc2cc(Br)ccc2[nH]c1=O. The number of H-pyrrole nitrogens is 1. The molecule has 116 valence electrons. The Bertz CT molecular complexity index is 920. The molecule has 1 aromatic heterocycles. The van der Waals surface area contributed by atoms with Crippen molar-refractivity contribution in [3.8, 4) is 0 Å². The summed E-state index contributed by atoms with van der Waals surface area (Å²) in [5.74, 6) is -0.556. The summed E-state index contributed by atoms with van der Waals surface area (Å²) in [6, 6.07) is 6.41. The van der Waals surface area contributed by atoms with Crippen LogP contribution < -0.4 is 10.9 Å². The highest BCUT2D eigenvalue weighted by Crippen LogP contribution is 2.18. The maximum atomic E-state index is 12.2. The van der Waals surface area contributed by atoms with Crippen LogP contribution in [-0.4, -0.2) is 36.9 Å². The molecule has 1 aliphatic rings. The number of fused-ring (bicyclic) bond motifs is 1. The Morgan fingerprint density at radius 2 is 2.09 bits per heavy atom. The second-order valence-corrected chi connectivity index (χ2v) is 8.46. The lowest BCUT2D eigenvalue weighted by Gasteiger charge is -2.10. The summed E-state index contributed by atoms with van der Waals surface area (Å²) in [5, 5.41) is 3.34. The molecule has 1 saturated heterocycles. The first-order valence-corrected chi connectivity index (χ1v) is 9.29. The summed E-state index contributed by atoms with van der Waals surface area (Å²) in [7, 11) is -3.08. The van der Waals surface area contributed by atoms with Crippen molar-refractivity contribution in [2.45, 2.75) is 12.5 Å².